The van der Waals surface area contributed by atoms with E-state index in [9.17, 15) is 0 Å². The monoisotopic (exact) mass is 226 g/mol. The summed E-state index contributed by atoms with van der Waals surface area (Å²) in [5.41, 5.74) is 0. The Balaban J connectivity index is 1.99. The van der Waals surface area contributed by atoms with Crippen LogP contribution in [-0.4, -0.2) is 16.1 Å². The van der Waals surface area contributed by atoms with Gasteiger partial charge in [0.15, 0.2) is 5.15 Å². The Hall–Kier alpha value is -0.830. The molecule has 0 radical (unpaired) electrons. The van der Waals surface area contributed by atoms with Crippen molar-refractivity contribution in [1.82, 2.24) is 9.97 Å². The third-order valence-electron chi connectivity index (χ3n) is 2.79. The topological polar surface area (TPSA) is 35.0 Å². The number of hydrogen-bond acceptors (Lipinski definition) is 3. The third-order valence-corrected chi connectivity index (χ3v) is 3.05. The molecule has 0 N–H and O–H groups in total. The minimum atomic E-state index is 0.253. The highest BCUT2D eigenvalue weighted by Crippen LogP contribution is 2.28. The lowest BCUT2D eigenvalue weighted by Crippen LogP contribution is -2.24. The molecular formula is C11H15ClN2O. The van der Waals surface area contributed by atoms with E-state index in [-0.39, 0.29) is 6.10 Å². The predicted molar refractivity (Wildman–Crippen MR) is 59.1 cm³/mol. The zero-order valence-electron chi connectivity index (χ0n) is 8.82. The average Bonchev–Trinajstić information content (AvgIpc) is 2.22. The fraction of sp³-hybridized carbons (Fsp3) is 0.636. The zero-order valence-corrected chi connectivity index (χ0v) is 9.57. The van der Waals surface area contributed by atoms with Gasteiger partial charge in [0.1, 0.15) is 6.10 Å². The minimum Gasteiger partial charge on any atom is -0.472 e. The van der Waals surface area contributed by atoms with Crippen LogP contribution in [0.4, 0.5) is 0 Å². The van der Waals surface area contributed by atoms with E-state index in [1.54, 1.807) is 12.4 Å². The fourth-order valence-corrected chi connectivity index (χ4v) is 2.18. The van der Waals surface area contributed by atoms with Gasteiger partial charge in [-0.3, -0.25) is 0 Å². The zero-order chi connectivity index (χ0) is 10.7. The first kappa shape index (κ1) is 10.7. The number of rotatable bonds is 2. The number of ether oxygens (including phenoxy) is 1. The maximum atomic E-state index is 5.88. The summed E-state index contributed by atoms with van der Waals surface area (Å²) in [6.07, 6.45) is 8.14. The molecule has 1 aromatic heterocycles. The average molecular weight is 227 g/mol. The van der Waals surface area contributed by atoms with Gasteiger partial charge in [-0.1, -0.05) is 24.9 Å². The largest absolute Gasteiger partial charge is 0.472 e. The van der Waals surface area contributed by atoms with Crippen LogP contribution in [0.25, 0.3) is 0 Å². The van der Waals surface area contributed by atoms with Gasteiger partial charge in [0.05, 0.1) is 0 Å². The Labute approximate surface area is 94.8 Å². The maximum absolute atomic E-state index is 5.88. The molecule has 1 saturated carbocycles. The SMILES string of the molecule is CC1CCCC(Oc2nccnc2Cl)C1. The van der Waals surface area contributed by atoms with Crippen LogP contribution in [0.5, 0.6) is 5.88 Å². The lowest BCUT2D eigenvalue weighted by atomic mass is 9.89. The summed E-state index contributed by atoms with van der Waals surface area (Å²) in [5, 5.41) is 0.357. The highest BCUT2D eigenvalue weighted by atomic mass is 35.5. The van der Waals surface area contributed by atoms with Gasteiger partial charge in [-0.05, 0) is 25.2 Å². The summed E-state index contributed by atoms with van der Waals surface area (Å²) in [6, 6.07) is 0. The molecule has 0 saturated heterocycles. The van der Waals surface area contributed by atoms with Crippen molar-refractivity contribution in [2.75, 3.05) is 0 Å². The van der Waals surface area contributed by atoms with Crippen LogP contribution in [0, 0.1) is 5.92 Å². The van der Waals surface area contributed by atoms with E-state index in [0.29, 0.717) is 11.0 Å². The van der Waals surface area contributed by atoms with Gasteiger partial charge in [0, 0.05) is 12.4 Å². The van der Waals surface area contributed by atoms with Crippen molar-refractivity contribution in [3.63, 3.8) is 0 Å². The highest BCUT2D eigenvalue weighted by Gasteiger charge is 2.21. The van der Waals surface area contributed by atoms with E-state index in [0.717, 1.165) is 18.8 Å². The van der Waals surface area contributed by atoms with E-state index < -0.39 is 0 Å². The van der Waals surface area contributed by atoms with Gasteiger partial charge < -0.3 is 4.74 Å². The van der Waals surface area contributed by atoms with Crippen molar-refractivity contribution in [3.8, 4) is 5.88 Å². The Kier molecular flexibility index (Phi) is 3.41. The van der Waals surface area contributed by atoms with Crippen molar-refractivity contribution in [2.45, 2.75) is 38.7 Å². The van der Waals surface area contributed by atoms with Crippen LogP contribution < -0.4 is 4.74 Å². The van der Waals surface area contributed by atoms with Gasteiger partial charge in [-0.15, -0.1) is 0 Å². The van der Waals surface area contributed by atoms with Crippen LogP contribution in [-0.2, 0) is 0 Å². The number of halogens is 1. The third kappa shape index (κ3) is 2.81. The van der Waals surface area contributed by atoms with Crippen LogP contribution in [0.1, 0.15) is 32.6 Å². The summed E-state index contributed by atoms with van der Waals surface area (Å²) in [5.74, 6) is 1.21. The lowest BCUT2D eigenvalue weighted by Gasteiger charge is -2.26. The minimum absolute atomic E-state index is 0.253. The van der Waals surface area contributed by atoms with Gasteiger partial charge in [-0.2, -0.15) is 0 Å². The molecule has 2 rings (SSSR count). The highest BCUT2D eigenvalue weighted by molar-refractivity contribution is 6.30. The smallest absolute Gasteiger partial charge is 0.252 e. The molecule has 15 heavy (non-hydrogen) atoms. The van der Waals surface area contributed by atoms with Crippen molar-refractivity contribution in [2.24, 2.45) is 5.92 Å². The Bertz CT molecular complexity index is 332. The first-order valence-corrected chi connectivity index (χ1v) is 5.76. The molecule has 82 valence electrons. The van der Waals surface area contributed by atoms with Crippen LogP contribution in [0.15, 0.2) is 12.4 Å². The molecule has 3 nitrogen and oxygen atoms in total. The van der Waals surface area contributed by atoms with Gasteiger partial charge in [-0.25, -0.2) is 9.97 Å². The van der Waals surface area contributed by atoms with Crippen molar-refractivity contribution in [3.05, 3.63) is 17.5 Å². The van der Waals surface area contributed by atoms with E-state index in [1.165, 1.54) is 12.8 Å². The van der Waals surface area contributed by atoms with E-state index >= 15 is 0 Å². The fourth-order valence-electron chi connectivity index (χ4n) is 2.03. The molecule has 0 aromatic carbocycles. The molecule has 1 aromatic rings. The molecular weight excluding hydrogens is 212 g/mol. The molecule has 0 aliphatic heterocycles. The van der Waals surface area contributed by atoms with Crippen LogP contribution in [0.2, 0.25) is 5.15 Å². The summed E-state index contributed by atoms with van der Waals surface area (Å²) >= 11 is 5.88. The normalized spacial score (nSPS) is 26.3. The van der Waals surface area contributed by atoms with Gasteiger partial charge in [0.25, 0.3) is 5.88 Å². The van der Waals surface area contributed by atoms with Crippen LogP contribution in [0.3, 0.4) is 0 Å². The second-order valence-electron chi connectivity index (χ2n) is 4.16. The Morgan fingerprint density at radius 3 is 2.87 bits per heavy atom. The molecule has 2 unspecified atom stereocenters. The molecule has 0 amide bonds. The molecule has 2 atom stereocenters. The molecule has 1 heterocycles. The van der Waals surface area contributed by atoms with Crippen LogP contribution >= 0.6 is 11.6 Å². The second kappa shape index (κ2) is 4.79. The number of hydrogen-bond donors (Lipinski definition) is 0. The number of nitrogens with zero attached hydrogens (tertiary/aromatic N) is 2. The van der Waals surface area contributed by atoms with Gasteiger partial charge >= 0.3 is 0 Å². The number of aromatic nitrogens is 2. The molecule has 4 heteroatoms. The first-order valence-electron chi connectivity index (χ1n) is 5.39. The summed E-state index contributed by atoms with van der Waals surface area (Å²) in [4.78, 5) is 8.02. The second-order valence-corrected chi connectivity index (χ2v) is 4.52. The van der Waals surface area contributed by atoms with Crippen molar-refractivity contribution >= 4 is 11.6 Å². The quantitative estimate of drug-likeness (QED) is 0.778. The standard InChI is InChI=1S/C11H15ClN2O/c1-8-3-2-4-9(7-8)15-11-10(12)13-5-6-14-11/h5-6,8-9H,2-4,7H2,1H3. The molecule has 1 fully saturated rings. The summed E-state index contributed by atoms with van der Waals surface area (Å²) in [6.45, 7) is 2.26. The van der Waals surface area contributed by atoms with E-state index in [1.807, 2.05) is 0 Å². The maximum Gasteiger partial charge on any atom is 0.252 e. The van der Waals surface area contributed by atoms with Gasteiger partial charge in [0.2, 0.25) is 0 Å². The lowest BCUT2D eigenvalue weighted by molar-refractivity contribution is 0.123. The van der Waals surface area contributed by atoms with E-state index in [2.05, 4.69) is 16.9 Å². The molecule has 1 aliphatic carbocycles. The predicted octanol–water partition coefficient (Wildman–Crippen LogP) is 3.09. The Morgan fingerprint density at radius 2 is 2.13 bits per heavy atom. The van der Waals surface area contributed by atoms with Crippen molar-refractivity contribution in [1.29, 1.82) is 0 Å². The molecule has 0 spiro atoms. The summed E-state index contributed by atoms with van der Waals surface area (Å²) < 4.78 is 5.75. The molecule has 0 bridgehead atoms. The summed E-state index contributed by atoms with van der Waals surface area (Å²) in [7, 11) is 0. The van der Waals surface area contributed by atoms with Crippen molar-refractivity contribution < 1.29 is 4.74 Å². The van der Waals surface area contributed by atoms with E-state index in [4.69, 9.17) is 16.3 Å². The molecule has 1 aliphatic rings. The Morgan fingerprint density at radius 1 is 1.33 bits per heavy atom. The first-order chi connectivity index (χ1) is 7.25.